The van der Waals surface area contributed by atoms with E-state index in [-0.39, 0.29) is 10.6 Å². The summed E-state index contributed by atoms with van der Waals surface area (Å²) in [5, 5.41) is 25.6. The van der Waals surface area contributed by atoms with Crippen LogP contribution in [0.4, 0.5) is 5.69 Å². The molecule has 0 aliphatic carbocycles. The number of benzene rings is 1. The minimum absolute atomic E-state index is 0.161. The third kappa shape index (κ3) is 6.82. The van der Waals surface area contributed by atoms with Crippen LogP contribution in [-0.4, -0.2) is 63.1 Å². The molecule has 10 nitrogen and oxygen atoms in total. The van der Waals surface area contributed by atoms with Crippen molar-refractivity contribution in [2.45, 2.75) is 13.1 Å². The first kappa shape index (κ1) is 21.1. The molecule has 0 bridgehead atoms. The van der Waals surface area contributed by atoms with Crippen LogP contribution in [0.1, 0.15) is 11.3 Å². The highest BCUT2D eigenvalue weighted by atomic mass is 16.6. The van der Waals surface area contributed by atoms with Gasteiger partial charge in [-0.15, -0.1) is 0 Å². The van der Waals surface area contributed by atoms with Crippen molar-refractivity contribution in [2.24, 2.45) is 0 Å². The van der Waals surface area contributed by atoms with Crippen LogP contribution in [0.15, 0.2) is 47.1 Å². The molecule has 0 atom stereocenters. The average Bonchev–Trinajstić information content (AvgIpc) is 3.17. The first-order valence-corrected chi connectivity index (χ1v) is 8.52. The number of furan rings is 1. The van der Waals surface area contributed by atoms with E-state index in [0.717, 1.165) is 50.6 Å². The van der Waals surface area contributed by atoms with Gasteiger partial charge in [0.25, 0.3) is 5.69 Å². The Hall–Kier alpha value is -3.24. The van der Waals surface area contributed by atoms with E-state index < -0.39 is 11.9 Å². The molecule has 10 heteroatoms. The summed E-state index contributed by atoms with van der Waals surface area (Å²) in [6.07, 6.45) is 1.70. The number of carboxylic acids is 2. The zero-order valence-corrected chi connectivity index (χ0v) is 15.1. The van der Waals surface area contributed by atoms with Crippen LogP contribution in [0.25, 0.3) is 0 Å². The minimum atomic E-state index is -1.82. The number of carboxylic acid groups (broad SMARTS) is 2. The molecule has 0 saturated carbocycles. The third-order valence-electron chi connectivity index (χ3n) is 4.13. The standard InChI is InChI=1S/C16H19N3O3.C2H2O4/c20-19(21)15-4-1-3-14(11-15)12-17-6-8-18(9-7-17)13-16-5-2-10-22-16;3-1(4)2(5)6/h1-5,10-11H,6-9,12-13H2;(H,3,4)(H,5,6). The highest BCUT2D eigenvalue weighted by molar-refractivity contribution is 6.27. The molecule has 1 aliphatic heterocycles. The molecular weight excluding hydrogens is 370 g/mol. The van der Waals surface area contributed by atoms with Gasteiger partial charge < -0.3 is 14.6 Å². The smallest absolute Gasteiger partial charge is 0.414 e. The van der Waals surface area contributed by atoms with Crippen molar-refractivity contribution in [2.75, 3.05) is 26.2 Å². The summed E-state index contributed by atoms with van der Waals surface area (Å²) in [6, 6.07) is 10.8. The van der Waals surface area contributed by atoms with Crippen molar-refractivity contribution >= 4 is 17.6 Å². The zero-order valence-electron chi connectivity index (χ0n) is 15.1. The summed E-state index contributed by atoms with van der Waals surface area (Å²) in [7, 11) is 0. The molecule has 0 unspecified atom stereocenters. The molecule has 28 heavy (non-hydrogen) atoms. The lowest BCUT2D eigenvalue weighted by Gasteiger charge is -2.34. The Labute approximate surface area is 160 Å². The van der Waals surface area contributed by atoms with Gasteiger partial charge in [-0.3, -0.25) is 19.9 Å². The maximum Gasteiger partial charge on any atom is 0.414 e. The van der Waals surface area contributed by atoms with E-state index in [9.17, 15) is 10.1 Å². The van der Waals surface area contributed by atoms with Gasteiger partial charge in [0.1, 0.15) is 5.76 Å². The number of hydrogen-bond acceptors (Lipinski definition) is 7. The highest BCUT2D eigenvalue weighted by Crippen LogP contribution is 2.16. The zero-order chi connectivity index (χ0) is 20.5. The van der Waals surface area contributed by atoms with E-state index in [2.05, 4.69) is 9.80 Å². The van der Waals surface area contributed by atoms with Crippen LogP contribution < -0.4 is 0 Å². The van der Waals surface area contributed by atoms with Crippen molar-refractivity contribution in [3.05, 3.63) is 64.1 Å². The highest BCUT2D eigenvalue weighted by Gasteiger charge is 2.18. The van der Waals surface area contributed by atoms with E-state index >= 15 is 0 Å². The Morgan fingerprint density at radius 1 is 1.00 bits per heavy atom. The van der Waals surface area contributed by atoms with E-state index in [0.29, 0.717) is 0 Å². The quantitative estimate of drug-likeness (QED) is 0.443. The fourth-order valence-electron chi connectivity index (χ4n) is 2.76. The van der Waals surface area contributed by atoms with Gasteiger partial charge in [-0.25, -0.2) is 9.59 Å². The largest absolute Gasteiger partial charge is 0.473 e. The van der Waals surface area contributed by atoms with Gasteiger partial charge in [0.05, 0.1) is 17.7 Å². The molecular formula is C18H21N3O7. The summed E-state index contributed by atoms with van der Waals surface area (Å²) in [4.78, 5) is 33.4. The minimum Gasteiger partial charge on any atom is -0.473 e. The predicted molar refractivity (Wildman–Crippen MR) is 97.6 cm³/mol. The lowest BCUT2D eigenvalue weighted by atomic mass is 10.1. The van der Waals surface area contributed by atoms with Gasteiger partial charge in [0.2, 0.25) is 0 Å². The van der Waals surface area contributed by atoms with Crippen molar-refractivity contribution in [1.82, 2.24) is 9.80 Å². The molecule has 1 saturated heterocycles. The van der Waals surface area contributed by atoms with Gasteiger partial charge in [-0.1, -0.05) is 12.1 Å². The van der Waals surface area contributed by atoms with Crippen molar-refractivity contribution in [3.63, 3.8) is 0 Å². The number of nitro benzene ring substituents is 1. The molecule has 150 valence electrons. The first-order chi connectivity index (χ1) is 13.3. The van der Waals surface area contributed by atoms with Crippen LogP contribution in [-0.2, 0) is 22.7 Å². The number of rotatable bonds is 5. The van der Waals surface area contributed by atoms with Crippen molar-refractivity contribution in [1.29, 1.82) is 0 Å². The van der Waals surface area contributed by atoms with Crippen molar-refractivity contribution in [3.8, 4) is 0 Å². The van der Waals surface area contributed by atoms with E-state index in [4.69, 9.17) is 24.2 Å². The van der Waals surface area contributed by atoms with Crippen LogP contribution in [0.3, 0.4) is 0 Å². The van der Waals surface area contributed by atoms with Crippen LogP contribution in [0.5, 0.6) is 0 Å². The van der Waals surface area contributed by atoms with E-state index in [1.165, 1.54) is 6.07 Å². The van der Waals surface area contributed by atoms with Crippen LogP contribution >= 0.6 is 0 Å². The topological polar surface area (TPSA) is 137 Å². The monoisotopic (exact) mass is 391 g/mol. The maximum atomic E-state index is 10.8. The number of hydrogen-bond donors (Lipinski definition) is 2. The van der Waals surface area contributed by atoms with Gasteiger partial charge in [0, 0.05) is 44.9 Å². The Morgan fingerprint density at radius 2 is 1.61 bits per heavy atom. The van der Waals surface area contributed by atoms with Gasteiger partial charge in [-0.2, -0.15) is 0 Å². The number of piperazine rings is 1. The second kappa shape index (κ2) is 10.2. The van der Waals surface area contributed by atoms with Crippen LogP contribution in [0, 0.1) is 10.1 Å². The number of nitro groups is 1. The fraction of sp³-hybridized carbons (Fsp3) is 0.333. The molecule has 1 aromatic carbocycles. The number of non-ortho nitro benzene ring substituents is 1. The molecule has 1 aromatic heterocycles. The van der Waals surface area contributed by atoms with Gasteiger partial charge in [-0.05, 0) is 17.7 Å². The SMILES string of the molecule is O=C(O)C(=O)O.O=[N+]([O-])c1cccc(CN2CCN(Cc3ccco3)CC2)c1. The number of carbonyl (C=O) groups is 2. The predicted octanol–water partition coefficient (Wildman–Crippen LogP) is 1.66. The third-order valence-corrected chi connectivity index (χ3v) is 4.13. The molecule has 2 aromatic rings. The summed E-state index contributed by atoms with van der Waals surface area (Å²) < 4.78 is 5.38. The van der Waals surface area contributed by atoms with Gasteiger partial charge in [0.15, 0.2) is 0 Å². The molecule has 2 heterocycles. The maximum absolute atomic E-state index is 10.8. The molecule has 0 radical (unpaired) electrons. The Kier molecular flexibility index (Phi) is 7.66. The molecule has 1 aliphatic rings. The molecule has 1 fully saturated rings. The Balaban J connectivity index is 0.000000409. The van der Waals surface area contributed by atoms with E-state index in [1.54, 1.807) is 18.4 Å². The summed E-state index contributed by atoms with van der Waals surface area (Å²) in [5.41, 5.74) is 1.16. The molecule has 0 amide bonds. The fourth-order valence-corrected chi connectivity index (χ4v) is 2.76. The van der Waals surface area contributed by atoms with Gasteiger partial charge >= 0.3 is 11.9 Å². The van der Waals surface area contributed by atoms with Crippen molar-refractivity contribution < 1.29 is 29.1 Å². The normalized spacial score (nSPS) is 14.7. The first-order valence-electron chi connectivity index (χ1n) is 8.52. The Bertz CT molecular complexity index is 787. The number of nitrogens with zero attached hydrogens (tertiary/aromatic N) is 3. The summed E-state index contributed by atoms with van der Waals surface area (Å²) >= 11 is 0. The molecule has 2 N–H and O–H groups in total. The second-order valence-corrected chi connectivity index (χ2v) is 6.17. The van der Waals surface area contributed by atoms with Crippen LogP contribution in [0.2, 0.25) is 0 Å². The average molecular weight is 391 g/mol. The lowest BCUT2D eigenvalue weighted by Crippen LogP contribution is -2.45. The summed E-state index contributed by atoms with van der Waals surface area (Å²) in [5.74, 6) is -2.66. The second-order valence-electron chi connectivity index (χ2n) is 6.17. The molecule has 3 rings (SSSR count). The lowest BCUT2D eigenvalue weighted by molar-refractivity contribution is -0.384. The summed E-state index contributed by atoms with van der Waals surface area (Å²) in [6.45, 7) is 5.49. The number of aliphatic carboxylic acids is 2. The Morgan fingerprint density at radius 3 is 2.11 bits per heavy atom. The molecule has 0 spiro atoms. The van der Waals surface area contributed by atoms with E-state index in [1.807, 2.05) is 18.2 Å².